The minimum Gasteiger partial charge on any atom is -0.321 e. The van der Waals surface area contributed by atoms with Crippen molar-refractivity contribution in [1.29, 1.82) is 5.26 Å². The highest BCUT2D eigenvalue weighted by Gasteiger charge is 2.17. The molecule has 0 aliphatic carbocycles. The molecule has 4 nitrogen and oxygen atoms in total. The van der Waals surface area contributed by atoms with E-state index >= 15 is 0 Å². The van der Waals surface area contributed by atoms with E-state index in [1.54, 1.807) is 25.1 Å². The monoisotopic (exact) mass is 261 g/mol. The highest BCUT2D eigenvalue weighted by atomic mass is 35.5. The molecule has 1 aromatic rings. The van der Waals surface area contributed by atoms with Gasteiger partial charge in [0.2, 0.25) is 0 Å². The Kier molecular flexibility index (Phi) is 3.66. The fourth-order valence-corrected chi connectivity index (χ4v) is 1.78. The van der Waals surface area contributed by atoms with Gasteiger partial charge in [0.05, 0.1) is 11.3 Å². The summed E-state index contributed by atoms with van der Waals surface area (Å²) in [4.78, 5) is 12.0. The molecular weight excluding hydrogens is 250 g/mol. The molecule has 1 aliphatic rings. The first kappa shape index (κ1) is 12.6. The number of nitriles is 1. The summed E-state index contributed by atoms with van der Waals surface area (Å²) in [6.45, 7) is 3.28. The predicted molar refractivity (Wildman–Crippen MR) is 70.4 cm³/mol. The quantitative estimate of drug-likeness (QED) is 0.801. The van der Waals surface area contributed by atoms with Crippen LogP contribution in [0.1, 0.15) is 12.5 Å². The number of anilines is 1. The number of nitrogens with zero attached hydrogens (tertiary/aromatic N) is 1. The number of hydrogen-bond acceptors (Lipinski definition) is 3. The molecule has 0 spiro atoms. The highest BCUT2D eigenvalue weighted by molar-refractivity contribution is 6.31. The van der Waals surface area contributed by atoms with Crippen LogP contribution >= 0.6 is 11.6 Å². The van der Waals surface area contributed by atoms with Crippen LogP contribution in [0.5, 0.6) is 0 Å². The van der Waals surface area contributed by atoms with Crippen LogP contribution in [0.3, 0.4) is 0 Å². The molecule has 0 atom stereocenters. The molecule has 18 heavy (non-hydrogen) atoms. The number of hydrogen-bond donors (Lipinski definition) is 2. The van der Waals surface area contributed by atoms with Crippen LogP contribution in [0.15, 0.2) is 29.3 Å². The lowest BCUT2D eigenvalue weighted by Gasteiger charge is -2.21. The summed E-state index contributed by atoms with van der Waals surface area (Å²) in [5, 5.41) is 15.2. The van der Waals surface area contributed by atoms with E-state index in [0.717, 1.165) is 18.7 Å². The molecule has 0 radical (unpaired) electrons. The van der Waals surface area contributed by atoms with Crippen molar-refractivity contribution in [2.75, 3.05) is 18.4 Å². The lowest BCUT2D eigenvalue weighted by atomic mass is 10.0. The molecule has 0 unspecified atom stereocenters. The summed E-state index contributed by atoms with van der Waals surface area (Å²) in [5.41, 5.74) is 2.63. The van der Waals surface area contributed by atoms with Crippen molar-refractivity contribution in [1.82, 2.24) is 5.32 Å². The standard InChI is InChI=1S/C13H12ClN3O/c1-8(10-6-16-7-10)13(18)17-12-4-11(14)3-2-9(12)5-15/h2-4,16H,6-7H2,1H3,(H,17,18). The van der Waals surface area contributed by atoms with Crippen molar-refractivity contribution in [2.24, 2.45) is 0 Å². The van der Waals surface area contributed by atoms with Gasteiger partial charge >= 0.3 is 0 Å². The predicted octanol–water partition coefficient (Wildman–Crippen LogP) is 2.07. The van der Waals surface area contributed by atoms with Gasteiger partial charge in [-0.05, 0) is 30.7 Å². The first-order valence-electron chi connectivity index (χ1n) is 5.52. The van der Waals surface area contributed by atoms with Gasteiger partial charge in [0, 0.05) is 23.7 Å². The SMILES string of the molecule is CC(C(=O)Nc1cc(Cl)ccc1C#N)=C1CNC1. The summed E-state index contributed by atoms with van der Waals surface area (Å²) < 4.78 is 0. The van der Waals surface area contributed by atoms with E-state index in [1.807, 2.05) is 6.07 Å². The third-order valence-corrected chi connectivity index (χ3v) is 3.13. The Bertz CT molecular complexity index is 566. The third kappa shape index (κ3) is 2.53. The molecule has 2 rings (SSSR count). The molecule has 1 aliphatic heterocycles. The summed E-state index contributed by atoms with van der Waals surface area (Å²) >= 11 is 5.86. The van der Waals surface area contributed by atoms with Gasteiger partial charge in [-0.1, -0.05) is 11.6 Å². The van der Waals surface area contributed by atoms with E-state index in [1.165, 1.54) is 0 Å². The molecule has 1 fully saturated rings. The Labute approximate surface area is 110 Å². The van der Waals surface area contributed by atoms with Crippen LogP contribution < -0.4 is 10.6 Å². The fourth-order valence-electron chi connectivity index (χ4n) is 1.61. The van der Waals surface area contributed by atoms with Crippen molar-refractivity contribution >= 4 is 23.2 Å². The Morgan fingerprint density at radius 2 is 2.22 bits per heavy atom. The van der Waals surface area contributed by atoms with Crippen LogP contribution in [0.25, 0.3) is 0 Å². The first-order chi connectivity index (χ1) is 8.61. The number of carbonyl (C=O) groups excluding carboxylic acids is 1. The lowest BCUT2D eigenvalue weighted by Crippen LogP contribution is -2.36. The minimum absolute atomic E-state index is 0.190. The minimum atomic E-state index is -0.190. The zero-order valence-electron chi connectivity index (χ0n) is 9.88. The van der Waals surface area contributed by atoms with Gasteiger partial charge in [-0.25, -0.2) is 0 Å². The number of amides is 1. The normalized spacial score (nSPS) is 13.5. The smallest absolute Gasteiger partial charge is 0.251 e. The Hall–Kier alpha value is -1.83. The Morgan fingerprint density at radius 3 is 2.78 bits per heavy atom. The van der Waals surface area contributed by atoms with E-state index in [4.69, 9.17) is 16.9 Å². The second kappa shape index (κ2) is 5.21. The van der Waals surface area contributed by atoms with Gasteiger partial charge in [0.15, 0.2) is 0 Å². The molecule has 1 saturated heterocycles. The molecule has 92 valence electrons. The first-order valence-corrected chi connectivity index (χ1v) is 5.90. The van der Waals surface area contributed by atoms with Crippen LogP contribution in [-0.4, -0.2) is 19.0 Å². The second-order valence-electron chi connectivity index (χ2n) is 4.09. The van der Waals surface area contributed by atoms with Gasteiger partial charge in [0.1, 0.15) is 6.07 Å². The van der Waals surface area contributed by atoms with Crippen molar-refractivity contribution < 1.29 is 4.79 Å². The van der Waals surface area contributed by atoms with E-state index < -0.39 is 0 Å². The van der Waals surface area contributed by atoms with Crippen LogP contribution in [0.4, 0.5) is 5.69 Å². The summed E-state index contributed by atoms with van der Waals surface area (Å²) in [5.74, 6) is -0.190. The molecular formula is C13H12ClN3O. The van der Waals surface area contributed by atoms with Crippen LogP contribution in [-0.2, 0) is 4.79 Å². The highest BCUT2D eigenvalue weighted by Crippen LogP contribution is 2.21. The van der Waals surface area contributed by atoms with E-state index in [0.29, 0.717) is 21.8 Å². The van der Waals surface area contributed by atoms with Gasteiger partial charge < -0.3 is 10.6 Å². The fraction of sp³-hybridized carbons (Fsp3) is 0.231. The van der Waals surface area contributed by atoms with E-state index in [-0.39, 0.29) is 5.91 Å². The molecule has 1 aromatic carbocycles. The largest absolute Gasteiger partial charge is 0.321 e. The number of rotatable bonds is 2. The van der Waals surface area contributed by atoms with Crippen LogP contribution in [0, 0.1) is 11.3 Å². The molecule has 2 N–H and O–H groups in total. The average Bonchev–Trinajstić information content (AvgIpc) is 2.27. The maximum absolute atomic E-state index is 12.0. The summed E-state index contributed by atoms with van der Waals surface area (Å²) in [6, 6.07) is 6.81. The molecule has 0 aromatic heterocycles. The second-order valence-corrected chi connectivity index (χ2v) is 4.52. The number of halogens is 1. The zero-order valence-corrected chi connectivity index (χ0v) is 10.6. The molecule has 1 amide bonds. The number of benzene rings is 1. The van der Waals surface area contributed by atoms with Crippen molar-refractivity contribution in [2.45, 2.75) is 6.92 Å². The average molecular weight is 262 g/mol. The van der Waals surface area contributed by atoms with Gasteiger partial charge in [-0.2, -0.15) is 5.26 Å². The maximum atomic E-state index is 12.0. The van der Waals surface area contributed by atoms with E-state index in [2.05, 4.69) is 10.6 Å². The molecule has 5 heteroatoms. The number of carbonyl (C=O) groups is 1. The lowest BCUT2D eigenvalue weighted by molar-refractivity contribution is -0.112. The van der Waals surface area contributed by atoms with Gasteiger partial charge in [-0.3, -0.25) is 4.79 Å². The summed E-state index contributed by atoms with van der Waals surface area (Å²) in [7, 11) is 0. The van der Waals surface area contributed by atoms with Crippen molar-refractivity contribution in [3.8, 4) is 6.07 Å². The van der Waals surface area contributed by atoms with E-state index in [9.17, 15) is 4.79 Å². The number of nitrogens with one attached hydrogen (secondary N) is 2. The maximum Gasteiger partial charge on any atom is 0.251 e. The Morgan fingerprint density at radius 1 is 1.50 bits per heavy atom. The van der Waals surface area contributed by atoms with Crippen molar-refractivity contribution in [3.05, 3.63) is 39.9 Å². The van der Waals surface area contributed by atoms with Crippen LogP contribution in [0.2, 0.25) is 5.02 Å². The Balaban J connectivity index is 2.22. The molecule has 0 bridgehead atoms. The van der Waals surface area contributed by atoms with Gasteiger partial charge in [-0.15, -0.1) is 0 Å². The zero-order chi connectivity index (χ0) is 13.1. The summed E-state index contributed by atoms with van der Waals surface area (Å²) in [6.07, 6.45) is 0. The van der Waals surface area contributed by atoms with Gasteiger partial charge in [0.25, 0.3) is 5.91 Å². The molecule has 0 saturated carbocycles. The van der Waals surface area contributed by atoms with Crippen molar-refractivity contribution in [3.63, 3.8) is 0 Å². The topological polar surface area (TPSA) is 64.9 Å². The third-order valence-electron chi connectivity index (χ3n) is 2.90. The molecule has 1 heterocycles.